The van der Waals surface area contributed by atoms with Crippen LogP contribution in [0.2, 0.25) is 0 Å². The second-order valence-corrected chi connectivity index (χ2v) is 8.90. The minimum absolute atomic E-state index is 0.201. The molecule has 1 fully saturated rings. The Hall–Kier alpha value is -3.44. The van der Waals surface area contributed by atoms with E-state index in [1.165, 1.54) is 30.4 Å². The summed E-state index contributed by atoms with van der Waals surface area (Å²) in [6.45, 7) is 4.89. The first kappa shape index (κ1) is 22.7. The summed E-state index contributed by atoms with van der Waals surface area (Å²) in [4.78, 5) is 26.7. The summed E-state index contributed by atoms with van der Waals surface area (Å²) in [6.07, 6.45) is 3.61. The smallest absolute Gasteiger partial charge is 0.255 e. The van der Waals surface area contributed by atoms with Crippen molar-refractivity contribution in [2.75, 3.05) is 18.4 Å². The van der Waals surface area contributed by atoms with E-state index in [0.717, 1.165) is 25.6 Å². The van der Waals surface area contributed by atoms with E-state index < -0.39 is 5.91 Å². The van der Waals surface area contributed by atoms with E-state index in [2.05, 4.69) is 40.5 Å². The maximum absolute atomic E-state index is 12.7. The SMILES string of the molecule is Cc1c(NC(=O)c2ccc(CN3CCC(Cc4ccccc4)CC3)cc2)cccc1C(N)=O. The van der Waals surface area contributed by atoms with Crippen LogP contribution in [-0.2, 0) is 13.0 Å². The molecule has 0 saturated carbocycles. The molecule has 1 aliphatic rings. The van der Waals surface area contributed by atoms with Gasteiger partial charge in [-0.3, -0.25) is 14.5 Å². The number of primary amides is 1. The van der Waals surface area contributed by atoms with Gasteiger partial charge in [-0.15, -0.1) is 0 Å². The van der Waals surface area contributed by atoms with Crippen molar-refractivity contribution < 1.29 is 9.59 Å². The lowest BCUT2D eigenvalue weighted by molar-refractivity contribution is 0.0995. The molecular weight excluding hydrogens is 410 g/mol. The van der Waals surface area contributed by atoms with Gasteiger partial charge in [-0.05, 0) is 86.1 Å². The highest BCUT2D eigenvalue weighted by atomic mass is 16.2. The largest absolute Gasteiger partial charge is 0.366 e. The van der Waals surface area contributed by atoms with Crippen molar-refractivity contribution in [3.63, 3.8) is 0 Å². The maximum Gasteiger partial charge on any atom is 0.255 e. The van der Waals surface area contributed by atoms with Crippen LogP contribution in [0, 0.1) is 12.8 Å². The van der Waals surface area contributed by atoms with E-state index in [0.29, 0.717) is 22.4 Å². The summed E-state index contributed by atoms with van der Waals surface area (Å²) in [6, 6.07) is 23.7. The summed E-state index contributed by atoms with van der Waals surface area (Å²) < 4.78 is 0. The van der Waals surface area contributed by atoms with Crippen LogP contribution in [-0.4, -0.2) is 29.8 Å². The third kappa shape index (κ3) is 5.88. The minimum atomic E-state index is -0.503. The van der Waals surface area contributed by atoms with Gasteiger partial charge in [0.05, 0.1) is 0 Å². The molecule has 0 radical (unpaired) electrons. The lowest BCUT2D eigenvalue weighted by Crippen LogP contribution is -2.33. The zero-order valence-electron chi connectivity index (χ0n) is 19.1. The second-order valence-electron chi connectivity index (χ2n) is 8.90. The van der Waals surface area contributed by atoms with Crippen molar-refractivity contribution in [3.8, 4) is 0 Å². The zero-order chi connectivity index (χ0) is 23.2. The van der Waals surface area contributed by atoms with E-state index in [4.69, 9.17) is 5.73 Å². The molecular formula is C28H31N3O2. The predicted octanol–water partition coefficient (Wildman–Crippen LogP) is 4.80. The summed E-state index contributed by atoms with van der Waals surface area (Å²) in [5.41, 5.74) is 10.3. The van der Waals surface area contributed by atoms with Gasteiger partial charge in [0.15, 0.2) is 0 Å². The first-order valence-corrected chi connectivity index (χ1v) is 11.6. The normalized spacial score (nSPS) is 14.7. The molecule has 4 rings (SSSR count). The van der Waals surface area contributed by atoms with Crippen LogP contribution in [0.4, 0.5) is 5.69 Å². The number of benzene rings is 3. The minimum Gasteiger partial charge on any atom is -0.366 e. The van der Waals surface area contributed by atoms with Gasteiger partial charge in [-0.1, -0.05) is 48.5 Å². The van der Waals surface area contributed by atoms with Crippen LogP contribution in [0.3, 0.4) is 0 Å². The van der Waals surface area contributed by atoms with Crippen LogP contribution in [0.5, 0.6) is 0 Å². The van der Waals surface area contributed by atoms with Crippen molar-refractivity contribution >= 4 is 17.5 Å². The highest BCUT2D eigenvalue weighted by Gasteiger charge is 2.19. The Labute approximate surface area is 195 Å². The fourth-order valence-electron chi connectivity index (χ4n) is 4.55. The quantitative estimate of drug-likeness (QED) is 0.553. The van der Waals surface area contributed by atoms with Crippen molar-refractivity contribution in [3.05, 3.63) is 101 Å². The summed E-state index contributed by atoms with van der Waals surface area (Å²) >= 11 is 0. The first-order chi connectivity index (χ1) is 16.0. The molecule has 2 amide bonds. The van der Waals surface area contributed by atoms with Crippen molar-refractivity contribution in [2.24, 2.45) is 11.7 Å². The molecule has 0 bridgehead atoms. The van der Waals surface area contributed by atoms with Crippen molar-refractivity contribution in [1.29, 1.82) is 0 Å². The average molecular weight is 442 g/mol. The first-order valence-electron chi connectivity index (χ1n) is 11.6. The molecule has 0 atom stereocenters. The molecule has 3 N–H and O–H groups in total. The van der Waals surface area contributed by atoms with Crippen LogP contribution in [0.15, 0.2) is 72.8 Å². The van der Waals surface area contributed by atoms with Crippen LogP contribution in [0.1, 0.15) is 50.2 Å². The van der Waals surface area contributed by atoms with E-state index >= 15 is 0 Å². The van der Waals surface area contributed by atoms with E-state index in [1.807, 2.05) is 24.3 Å². The van der Waals surface area contributed by atoms with Crippen LogP contribution >= 0.6 is 0 Å². The average Bonchev–Trinajstić information content (AvgIpc) is 2.82. The number of nitrogens with zero attached hydrogens (tertiary/aromatic N) is 1. The number of nitrogens with two attached hydrogens (primary N) is 1. The van der Waals surface area contributed by atoms with Gasteiger partial charge in [0, 0.05) is 23.4 Å². The van der Waals surface area contributed by atoms with Crippen LogP contribution < -0.4 is 11.1 Å². The number of carbonyl (C=O) groups is 2. The van der Waals surface area contributed by atoms with Gasteiger partial charge in [0.1, 0.15) is 0 Å². The third-order valence-corrected chi connectivity index (χ3v) is 6.54. The molecule has 0 aromatic heterocycles. The lowest BCUT2D eigenvalue weighted by atomic mass is 9.90. The van der Waals surface area contributed by atoms with E-state index in [9.17, 15) is 9.59 Å². The van der Waals surface area contributed by atoms with Gasteiger partial charge in [0.2, 0.25) is 5.91 Å². The summed E-state index contributed by atoms with van der Waals surface area (Å²) in [7, 11) is 0. The van der Waals surface area contributed by atoms with Gasteiger partial charge >= 0.3 is 0 Å². The molecule has 3 aromatic rings. The number of nitrogens with one attached hydrogen (secondary N) is 1. The zero-order valence-corrected chi connectivity index (χ0v) is 19.1. The number of piperidine rings is 1. The molecule has 0 spiro atoms. The standard InChI is InChI=1S/C28H31N3O2/c1-20-25(27(29)32)8-5-9-26(20)30-28(33)24-12-10-23(11-13-24)19-31-16-14-22(15-17-31)18-21-6-3-2-4-7-21/h2-13,22H,14-19H2,1H3,(H2,29,32)(H,30,33). The lowest BCUT2D eigenvalue weighted by Gasteiger charge is -2.32. The van der Waals surface area contributed by atoms with E-state index in [-0.39, 0.29) is 5.91 Å². The highest BCUT2D eigenvalue weighted by Crippen LogP contribution is 2.23. The van der Waals surface area contributed by atoms with E-state index in [1.54, 1.807) is 25.1 Å². The molecule has 0 aliphatic carbocycles. The molecule has 1 aliphatic heterocycles. The number of anilines is 1. The summed E-state index contributed by atoms with van der Waals surface area (Å²) in [5.74, 6) is 0.0521. The highest BCUT2D eigenvalue weighted by molar-refractivity contribution is 6.05. The fourth-order valence-corrected chi connectivity index (χ4v) is 4.55. The number of carbonyl (C=O) groups excluding carboxylic acids is 2. The predicted molar refractivity (Wildman–Crippen MR) is 132 cm³/mol. The maximum atomic E-state index is 12.7. The number of rotatable bonds is 7. The monoisotopic (exact) mass is 441 g/mol. The molecule has 5 nitrogen and oxygen atoms in total. The molecule has 0 unspecified atom stereocenters. The topological polar surface area (TPSA) is 75.4 Å². The molecule has 3 aromatic carbocycles. The fraction of sp³-hybridized carbons (Fsp3) is 0.286. The Bertz CT molecular complexity index is 1100. The van der Waals surface area contributed by atoms with Gasteiger partial charge in [0.25, 0.3) is 5.91 Å². The van der Waals surface area contributed by atoms with Gasteiger partial charge < -0.3 is 11.1 Å². The molecule has 170 valence electrons. The van der Waals surface area contributed by atoms with Gasteiger partial charge in [-0.2, -0.15) is 0 Å². The number of likely N-dealkylation sites (tertiary alicyclic amines) is 1. The Morgan fingerprint density at radius 1 is 0.909 bits per heavy atom. The molecule has 33 heavy (non-hydrogen) atoms. The van der Waals surface area contributed by atoms with Crippen molar-refractivity contribution in [2.45, 2.75) is 32.7 Å². The Morgan fingerprint density at radius 3 is 2.27 bits per heavy atom. The Balaban J connectivity index is 1.29. The number of hydrogen-bond acceptors (Lipinski definition) is 3. The Morgan fingerprint density at radius 2 is 1.61 bits per heavy atom. The number of amides is 2. The van der Waals surface area contributed by atoms with Crippen molar-refractivity contribution in [1.82, 2.24) is 4.90 Å². The molecule has 5 heteroatoms. The van der Waals surface area contributed by atoms with Crippen LogP contribution in [0.25, 0.3) is 0 Å². The third-order valence-electron chi connectivity index (χ3n) is 6.54. The van der Waals surface area contributed by atoms with Gasteiger partial charge in [-0.25, -0.2) is 0 Å². The molecule has 1 saturated heterocycles. The Kier molecular flexibility index (Phi) is 7.20. The number of hydrogen-bond donors (Lipinski definition) is 2. The second kappa shape index (κ2) is 10.5. The molecule has 1 heterocycles. The summed E-state index contributed by atoms with van der Waals surface area (Å²) in [5, 5.41) is 2.89.